The van der Waals surface area contributed by atoms with Crippen molar-refractivity contribution in [2.45, 2.75) is 70.4 Å². The maximum atomic E-state index is 14.2. The lowest BCUT2D eigenvalue weighted by atomic mass is 9.50. The molecule has 0 radical (unpaired) electrons. The fourth-order valence-corrected chi connectivity index (χ4v) is 7.67. The van der Waals surface area contributed by atoms with Crippen molar-refractivity contribution in [3.63, 3.8) is 0 Å². The third kappa shape index (κ3) is 3.53. The summed E-state index contributed by atoms with van der Waals surface area (Å²) in [5.74, 6) is -1.98. The highest BCUT2D eigenvalue weighted by Gasteiger charge is 2.61. The van der Waals surface area contributed by atoms with Crippen molar-refractivity contribution in [3.8, 4) is 0 Å². The maximum Gasteiger partial charge on any atom is 0.301 e. The first kappa shape index (κ1) is 23.7. The predicted octanol–water partition coefficient (Wildman–Crippen LogP) is 3.49. The van der Waals surface area contributed by atoms with Crippen molar-refractivity contribution in [2.24, 2.45) is 24.6 Å². The van der Waals surface area contributed by atoms with Crippen LogP contribution in [0.4, 0.5) is 10.1 Å². The van der Waals surface area contributed by atoms with Gasteiger partial charge in [-0.3, -0.25) is 19.3 Å². The van der Waals surface area contributed by atoms with Crippen LogP contribution in [0.25, 0.3) is 0 Å². The number of ketones is 1. The third-order valence-corrected chi connectivity index (χ3v) is 8.66. The van der Waals surface area contributed by atoms with Crippen molar-refractivity contribution in [1.82, 2.24) is 4.57 Å². The highest BCUT2D eigenvalue weighted by molar-refractivity contribution is 6.47. The Hall–Kier alpha value is -3.00. The van der Waals surface area contributed by atoms with Crippen LogP contribution < -0.4 is 10.6 Å². The average Bonchev–Trinajstić information content (AvgIpc) is 2.96. The van der Waals surface area contributed by atoms with Gasteiger partial charge in [0.2, 0.25) is 0 Å². The molecule has 4 aliphatic rings. The highest BCUT2D eigenvalue weighted by Crippen LogP contribution is 2.60. The van der Waals surface area contributed by atoms with Gasteiger partial charge in [0.15, 0.2) is 0 Å². The SMILES string of the molecule is Cc1cc(N(C(=O)C(=O)c2c(C)c(C(N)=O)c(C)n2C)C23CC4CC(CC(O)(C4)C2)C3)ccc1F. The van der Waals surface area contributed by atoms with E-state index in [4.69, 9.17) is 5.73 Å². The molecule has 4 bridgehead atoms. The van der Waals surface area contributed by atoms with E-state index in [0.717, 1.165) is 6.42 Å². The molecule has 2 aromatic rings. The number of rotatable bonds is 5. The Kier molecular flexibility index (Phi) is 5.25. The van der Waals surface area contributed by atoms with Gasteiger partial charge in [-0.1, -0.05) is 0 Å². The van der Waals surface area contributed by atoms with Crippen LogP contribution in [0.3, 0.4) is 0 Å². The summed E-state index contributed by atoms with van der Waals surface area (Å²) in [6, 6.07) is 4.45. The standard InChI is InChI=1S/C27H32FN3O4/c1-14-7-19(5-6-20(14)28)31(26-9-17-8-18(10-26)12-27(35,11-17)13-26)25(34)23(32)22-15(2)21(24(29)33)16(3)30(22)4/h5-7,17-18,35H,8-13H2,1-4H3,(H2,29,33). The zero-order valence-corrected chi connectivity index (χ0v) is 20.7. The number of hydrogen-bond donors (Lipinski definition) is 2. The summed E-state index contributed by atoms with van der Waals surface area (Å²) < 4.78 is 15.7. The maximum absolute atomic E-state index is 14.2. The van der Waals surface area contributed by atoms with Crippen LogP contribution in [0, 0.1) is 38.4 Å². The van der Waals surface area contributed by atoms with Crippen molar-refractivity contribution >= 4 is 23.3 Å². The van der Waals surface area contributed by atoms with E-state index in [-0.39, 0.29) is 23.1 Å². The Morgan fingerprint density at radius 2 is 1.74 bits per heavy atom. The minimum absolute atomic E-state index is 0.119. The number of aryl methyl sites for hydroxylation is 1. The lowest BCUT2D eigenvalue weighted by Crippen LogP contribution is -2.67. The second-order valence-corrected chi connectivity index (χ2v) is 11.2. The Morgan fingerprint density at radius 1 is 1.11 bits per heavy atom. The number of Topliss-reactive ketones (excluding diaryl/α,β-unsaturated/α-hetero) is 1. The van der Waals surface area contributed by atoms with Gasteiger partial charge in [-0.2, -0.15) is 0 Å². The van der Waals surface area contributed by atoms with E-state index in [1.165, 1.54) is 21.6 Å². The summed E-state index contributed by atoms with van der Waals surface area (Å²) >= 11 is 0. The molecule has 1 heterocycles. The van der Waals surface area contributed by atoms with Crippen molar-refractivity contribution in [1.29, 1.82) is 0 Å². The van der Waals surface area contributed by atoms with Crippen LogP contribution in [-0.4, -0.2) is 38.4 Å². The number of benzene rings is 1. The van der Waals surface area contributed by atoms with Crippen LogP contribution in [-0.2, 0) is 11.8 Å². The van der Waals surface area contributed by atoms with Gasteiger partial charge in [-0.25, -0.2) is 4.39 Å². The number of carbonyl (C=O) groups is 3. The van der Waals surface area contributed by atoms with Crippen LogP contribution in [0.15, 0.2) is 18.2 Å². The zero-order chi connectivity index (χ0) is 25.4. The molecule has 2 atom stereocenters. The molecule has 8 heteroatoms. The number of anilines is 1. The summed E-state index contributed by atoms with van der Waals surface area (Å²) in [5, 5.41) is 11.4. The summed E-state index contributed by atoms with van der Waals surface area (Å²) in [7, 11) is 1.63. The van der Waals surface area contributed by atoms with Gasteiger partial charge in [-0.15, -0.1) is 0 Å². The molecular formula is C27H32FN3O4. The summed E-state index contributed by atoms with van der Waals surface area (Å²) in [6.45, 7) is 4.93. The van der Waals surface area contributed by atoms with Gasteiger partial charge in [0.25, 0.3) is 11.7 Å². The minimum Gasteiger partial charge on any atom is -0.390 e. The first-order chi connectivity index (χ1) is 16.4. The topological polar surface area (TPSA) is 106 Å². The molecule has 7 nitrogen and oxygen atoms in total. The number of nitrogens with two attached hydrogens (primary N) is 1. The molecule has 2 amide bonds. The molecule has 3 N–H and O–H groups in total. The largest absolute Gasteiger partial charge is 0.390 e. The van der Waals surface area contributed by atoms with E-state index in [2.05, 4.69) is 0 Å². The summed E-state index contributed by atoms with van der Waals surface area (Å²) in [5.41, 5.74) is 6.02. The van der Waals surface area contributed by atoms with Gasteiger partial charge in [-0.05, 0) is 100 Å². The highest BCUT2D eigenvalue weighted by atomic mass is 19.1. The van der Waals surface area contributed by atoms with Gasteiger partial charge in [0.1, 0.15) is 5.82 Å². The van der Waals surface area contributed by atoms with E-state index in [9.17, 15) is 23.9 Å². The fourth-order valence-electron chi connectivity index (χ4n) is 7.67. The van der Waals surface area contributed by atoms with Crippen LogP contribution in [0.2, 0.25) is 0 Å². The second-order valence-electron chi connectivity index (χ2n) is 11.2. The van der Waals surface area contributed by atoms with Gasteiger partial charge in [0, 0.05) is 18.4 Å². The Labute approximate surface area is 204 Å². The quantitative estimate of drug-likeness (QED) is 0.504. The molecule has 1 aromatic carbocycles. The van der Waals surface area contributed by atoms with Crippen LogP contribution in [0.1, 0.15) is 76.2 Å². The monoisotopic (exact) mass is 481 g/mol. The first-order valence-electron chi connectivity index (χ1n) is 12.2. The number of primary amides is 1. The smallest absolute Gasteiger partial charge is 0.301 e. The fraction of sp³-hybridized carbons (Fsp3) is 0.519. The molecule has 2 unspecified atom stereocenters. The van der Waals surface area contributed by atoms with E-state index < -0.39 is 34.6 Å². The molecular weight excluding hydrogens is 449 g/mol. The number of carbonyl (C=O) groups excluding carboxylic acids is 3. The Balaban J connectivity index is 1.64. The molecule has 6 rings (SSSR count). The number of amides is 2. The number of halogens is 1. The average molecular weight is 482 g/mol. The van der Waals surface area contributed by atoms with Gasteiger partial charge < -0.3 is 15.4 Å². The summed E-state index contributed by atoms with van der Waals surface area (Å²) in [6.07, 6.45) is 4.21. The van der Waals surface area contributed by atoms with E-state index in [1.54, 1.807) is 33.9 Å². The normalized spacial score (nSPS) is 28.9. The van der Waals surface area contributed by atoms with Gasteiger partial charge >= 0.3 is 5.91 Å². The van der Waals surface area contributed by atoms with Crippen molar-refractivity contribution in [2.75, 3.05) is 4.90 Å². The lowest BCUT2D eigenvalue weighted by Gasteiger charge is -2.63. The third-order valence-electron chi connectivity index (χ3n) is 8.66. The Bertz CT molecular complexity index is 1270. The number of aliphatic hydroxyl groups is 1. The summed E-state index contributed by atoms with van der Waals surface area (Å²) in [4.78, 5) is 41.5. The molecule has 35 heavy (non-hydrogen) atoms. The van der Waals surface area contributed by atoms with Gasteiger partial charge in [0.05, 0.1) is 22.4 Å². The molecule has 1 aromatic heterocycles. The number of aromatic nitrogens is 1. The second kappa shape index (κ2) is 7.75. The molecule has 0 aliphatic heterocycles. The van der Waals surface area contributed by atoms with Crippen molar-refractivity contribution < 1.29 is 23.9 Å². The molecule has 4 saturated carbocycles. The van der Waals surface area contributed by atoms with Crippen molar-refractivity contribution in [3.05, 3.63) is 52.1 Å². The number of nitrogens with zero attached hydrogens (tertiary/aromatic N) is 2. The van der Waals surface area contributed by atoms with Crippen LogP contribution in [0.5, 0.6) is 0 Å². The first-order valence-corrected chi connectivity index (χ1v) is 12.2. The molecule has 4 aliphatic carbocycles. The number of hydrogen-bond acceptors (Lipinski definition) is 4. The van der Waals surface area contributed by atoms with E-state index in [0.29, 0.717) is 54.6 Å². The molecule has 186 valence electrons. The molecule has 0 saturated heterocycles. The molecule has 0 spiro atoms. The Morgan fingerprint density at radius 3 is 2.26 bits per heavy atom. The minimum atomic E-state index is -0.864. The molecule has 4 fully saturated rings. The lowest BCUT2D eigenvalue weighted by molar-refractivity contribution is -0.141. The van der Waals surface area contributed by atoms with Crippen LogP contribution >= 0.6 is 0 Å². The predicted molar refractivity (Wildman–Crippen MR) is 129 cm³/mol. The van der Waals surface area contributed by atoms with E-state index in [1.807, 2.05) is 0 Å². The van der Waals surface area contributed by atoms with E-state index >= 15 is 0 Å². The zero-order valence-electron chi connectivity index (χ0n) is 20.7.